The number of hydrogen-bond acceptors (Lipinski definition) is 4. The lowest BCUT2D eigenvalue weighted by molar-refractivity contribution is 0.0664. The van der Waals surface area contributed by atoms with E-state index in [1.54, 1.807) is 4.90 Å². The van der Waals surface area contributed by atoms with Gasteiger partial charge >= 0.3 is 0 Å². The summed E-state index contributed by atoms with van der Waals surface area (Å²) >= 11 is 0. The number of nitrogens with zero attached hydrogens (tertiary/aromatic N) is 2. The predicted molar refractivity (Wildman–Crippen MR) is 85.2 cm³/mol. The molecule has 1 aliphatic rings. The SMILES string of the molecule is C=CCNS(=O)(=O)c1cc(C(=O)N2CCN(C)CC2)ccc1F. The zero-order valence-electron chi connectivity index (χ0n) is 13.0. The van der Waals surface area contributed by atoms with Gasteiger partial charge in [-0.1, -0.05) is 6.08 Å². The van der Waals surface area contributed by atoms with E-state index < -0.39 is 20.7 Å². The number of hydrogen-bond donors (Lipinski definition) is 1. The largest absolute Gasteiger partial charge is 0.336 e. The number of carbonyl (C=O) groups excluding carboxylic acids is 1. The van der Waals surface area contributed by atoms with Crippen molar-refractivity contribution in [3.05, 3.63) is 42.2 Å². The molecule has 1 heterocycles. The van der Waals surface area contributed by atoms with Gasteiger partial charge in [-0.05, 0) is 25.2 Å². The summed E-state index contributed by atoms with van der Waals surface area (Å²) in [6.07, 6.45) is 1.36. The van der Waals surface area contributed by atoms with Crippen molar-refractivity contribution in [3.63, 3.8) is 0 Å². The zero-order valence-corrected chi connectivity index (χ0v) is 13.8. The maximum atomic E-state index is 13.9. The minimum absolute atomic E-state index is 0.0155. The van der Waals surface area contributed by atoms with Gasteiger partial charge in [0.25, 0.3) is 5.91 Å². The van der Waals surface area contributed by atoms with Crippen LogP contribution in [0, 0.1) is 5.82 Å². The average Bonchev–Trinajstić information content (AvgIpc) is 2.53. The third-order valence-corrected chi connectivity index (χ3v) is 5.11. The number of benzene rings is 1. The summed E-state index contributed by atoms with van der Waals surface area (Å²) in [6, 6.07) is 3.40. The molecule has 1 N–H and O–H groups in total. The van der Waals surface area contributed by atoms with E-state index in [0.29, 0.717) is 13.1 Å². The van der Waals surface area contributed by atoms with Gasteiger partial charge in [-0.25, -0.2) is 17.5 Å². The Bertz CT molecular complexity index is 698. The molecule has 0 spiro atoms. The first-order valence-electron chi connectivity index (χ1n) is 7.23. The lowest BCUT2D eigenvalue weighted by Gasteiger charge is -2.32. The maximum Gasteiger partial charge on any atom is 0.253 e. The number of sulfonamides is 1. The van der Waals surface area contributed by atoms with Crippen molar-refractivity contribution >= 4 is 15.9 Å². The Kier molecular flexibility index (Phi) is 5.51. The van der Waals surface area contributed by atoms with Crippen LogP contribution in [0.25, 0.3) is 0 Å². The van der Waals surface area contributed by atoms with Crippen molar-refractivity contribution in [3.8, 4) is 0 Å². The highest BCUT2D eigenvalue weighted by molar-refractivity contribution is 7.89. The summed E-state index contributed by atoms with van der Waals surface area (Å²) in [4.78, 5) is 15.7. The molecule has 0 unspecified atom stereocenters. The van der Waals surface area contributed by atoms with E-state index in [1.807, 2.05) is 7.05 Å². The molecule has 1 aliphatic heterocycles. The minimum atomic E-state index is -4.02. The lowest BCUT2D eigenvalue weighted by atomic mass is 10.2. The highest BCUT2D eigenvalue weighted by Crippen LogP contribution is 2.18. The number of carbonyl (C=O) groups is 1. The van der Waals surface area contributed by atoms with Crippen LogP contribution < -0.4 is 4.72 Å². The second-order valence-corrected chi connectivity index (χ2v) is 7.12. The van der Waals surface area contributed by atoms with E-state index in [2.05, 4.69) is 16.2 Å². The van der Waals surface area contributed by atoms with Crippen molar-refractivity contribution in [2.75, 3.05) is 39.8 Å². The fourth-order valence-corrected chi connectivity index (χ4v) is 3.38. The molecule has 0 aromatic heterocycles. The number of nitrogens with one attached hydrogen (secondary N) is 1. The van der Waals surface area contributed by atoms with Crippen molar-refractivity contribution in [2.45, 2.75) is 4.90 Å². The van der Waals surface area contributed by atoms with E-state index >= 15 is 0 Å². The molecule has 0 aliphatic carbocycles. The van der Waals surface area contributed by atoms with Crippen LogP contribution in [0.3, 0.4) is 0 Å². The highest BCUT2D eigenvalue weighted by Gasteiger charge is 2.24. The summed E-state index contributed by atoms with van der Waals surface area (Å²) in [7, 11) is -2.06. The lowest BCUT2D eigenvalue weighted by Crippen LogP contribution is -2.47. The molecule has 1 amide bonds. The molecule has 6 nitrogen and oxygen atoms in total. The smallest absolute Gasteiger partial charge is 0.253 e. The Hall–Kier alpha value is -1.77. The van der Waals surface area contributed by atoms with Gasteiger partial charge in [0.2, 0.25) is 10.0 Å². The van der Waals surface area contributed by atoms with Crippen LogP contribution in [0.4, 0.5) is 4.39 Å². The Balaban J connectivity index is 2.26. The molecule has 1 saturated heterocycles. The summed E-state index contributed by atoms with van der Waals surface area (Å²) < 4.78 is 40.2. The maximum absolute atomic E-state index is 13.9. The number of rotatable bonds is 5. The molecule has 0 saturated carbocycles. The average molecular weight is 341 g/mol. The standard InChI is InChI=1S/C15H20FN3O3S/c1-3-6-17-23(21,22)14-11-12(4-5-13(14)16)15(20)19-9-7-18(2)8-10-19/h3-5,11,17H,1,6-10H2,2H3. The molecular weight excluding hydrogens is 321 g/mol. The van der Waals surface area contributed by atoms with Gasteiger partial charge < -0.3 is 9.80 Å². The van der Waals surface area contributed by atoms with Crippen LogP contribution in [-0.2, 0) is 10.0 Å². The van der Waals surface area contributed by atoms with E-state index in [4.69, 9.17) is 0 Å². The van der Waals surface area contributed by atoms with Crippen LogP contribution in [0.5, 0.6) is 0 Å². The summed E-state index contributed by atoms with van der Waals surface area (Å²) in [5.41, 5.74) is 0.162. The Morgan fingerprint density at radius 1 is 1.35 bits per heavy atom. The van der Waals surface area contributed by atoms with Crippen LogP contribution in [-0.4, -0.2) is 63.9 Å². The first-order chi connectivity index (χ1) is 10.8. The predicted octanol–water partition coefficient (Wildman–Crippen LogP) is 0.678. The third-order valence-electron chi connectivity index (χ3n) is 3.68. The van der Waals surface area contributed by atoms with Gasteiger partial charge in [0.05, 0.1) is 0 Å². The highest BCUT2D eigenvalue weighted by atomic mass is 32.2. The normalized spacial score (nSPS) is 16.3. The van der Waals surface area contributed by atoms with E-state index in [0.717, 1.165) is 25.2 Å². The van der Waals surface area contributed by atoms with Gasteiger partial charge in [0, 0.05) is 38.3 Å². The molecule has 0 atom stereocenters. The molecular formula is C15H20FN3O3S. The second kappa shape index (κ2) is 7.20. The number of piperazine rings is 1. The number of halogens is 1. The number of amides is 1. The molecule has 8 heteroatoms. The third kappa shape index (κ3) is 4.15. The molecule has 1 aromatic rings. The van der Waals surface area contributed by atoms with Gasteiger partial charge in [-0.2, -0.15) is 0 Å². The van der Waals surface area contributed by atoms with E-state index in [1.165, 1.54) is 12.1 Å². The van der Waals surface area contributed by atoms with Gasteiger partial charge in [0.15, 0.2) is 0 Å². The van der Waals surface area contributed by atoms with Crippen LogP contribution in [0.2, 0.25) is 0 Å². The van der Waals surface area contributed by atoms with Gasteiger partial charge in [-0.3, -0.25) is 4.79 Å². The first-order valence-corrected chi connectivity index (χ1v) is 8.71. The molecule has 23 heavy (non-hydrogen) atoms. The first kappa shape index (κ1) is 17.6. The van der Waals surface area contributed by atoms with Crippen LogP contribution in [0.1, 0.15) is 10.4 Å². The molecule has 1 aromatic carbocycles. The molecule has 1 fully saturated rings. The Morgan fingerprint density at radius 3 is 2.61 bits per heavy atom. The summed E-state index contributed by atoms with van der Waals surface area (Å²) in [5.74, 6) is -1.19. The fourth-order valence-electron chi connectivity index (χ4n) is 2.28. The van der Waals surface area contributed by atoms with E-state index in [9.17, 15) is 17.6 Å². The summed E-state index contributed by atoms with van der Waals surface area (Å²) in [6.45, 7) is 6.01. The van der Waals surface area contributed by atoms with Crippen molar-refractivity contribution in [1.82, 2.24) is 14.5 Å². The van der Waals surface area contributed by atoms with Crippen LogP contribution in [0.15, 0.2) is 35.7 Å². The van der Waals surface area contributed by atoms with E-state index in [-0.39, 0.29) is 18.0 Å². The van der Waals surface area contributed by atoms with Gasteiger partial charge in [-0.15, -0.1) is 6.58 Å². The van der Waals surface area contributed by atoms with Gasteiger partial charge in [0.1, 0.15) is 10.7 Å². The Labute approximate surface area is 135 Å². The second-order valence-electron chi connectivity index (χ2n) is 5.38. The molecule has 126 valence electrons. The van der Waals surface area contributed by atoms with Crippen molar-refractivity contribution < 1.29 is 17.6 Å². The molecule has 2 rings (SSSR count). The van der Waals surface area contributed by atoms with Crippen LogP contribution >= 0.6 is 0 Å². The monoisotopic (exact) mass is 341 g/mol. The zero-order chi connectivity index (χ0) is 17.0. The quantitative estimate of drug-likeness (QED) is 0.800. The minimum Gasteiger partial charge on any atom is -0.336 e. The fraction of sp³-hybridized carbons (Fsp3) is 0.400. The topological polar surface area (TPSA) is 69.7 Å². The molecule has 0 bridgehead atoms. The molecule has 0 radical (unpaired) electrons. The Morgan fingerprint density at radius 2 is 2.00 bits per heavy atom. The number of likely N-dealkylation sites (N-methyl/N-ethyl adjacent to an activating group) is 1. The summed E-state index contributed by atoms with van der Waals surface area (Å²) in [5, 5.41) is 0. The van der Waals surface area contributed by atoms with Crippen molar-refractivity contribution in [2.24, 2.45) is 0 Å². The van der Waals surface area contributed by atoms with Crippen molar-refractivity contribution in [1.29, 1.82) is 0 Å².